The molecular weight excluding hydrogens is 184 g/mol. The van der Waals surface area contributed by atoms with Gasteiger partial charge in [0.25, 0.3) is 0 Å². The standard InChI is InChI=1S/C14H20O/c1-12(2)7-6-8-14(5)10(12)9-11(15)13(14,3)4/h6,8-9H,7H2,1-5H3. The Kier molecular flexibility index (Phi) is 1.87. The second-order valence-electron chi connectivity index (χ2n) is 6.24. The molecule has 0 radical (unpaired) electrons. The van der Waals surface area contributed by atoms with Gasteiger partial charge in [-0.1, -0.05) is 52.3 Å². The molecule has 0 aromatic heterocycles. The Hall–Kier alpha value is -0.850. The Morgan fingerprint density at radius 2 is 1.73 bits per heavy atom. The van der Waals surface area contributed by atoms with Crippen molar-refractivity contribution < 1.29 is 4.79 Å². The predicted molar refractivity (Wildman–Crippen MR) is 62.5 cm³/mol. The van der Waals surface area contributed by atoms with E-state index < -0.39 is 0 Å². The molecule has 0 fully saturated rings. The first-order valence-electron chi connectivity index (χ1n) is 5.67. The van der Waals surface area contributed by atoms with Crippen molar-refractivity contribution in [2.24, 2.45) is 16.2 Å². The zero-order valence-corrected chi connectivity index (χ0v) is 10.3. The third kappa shape index (κ3) is 1.12. The molecule has 0 saturated heterocycles. The second kappa shape index (κ2) is 2.63. The lowest BCUT2D eigenvalue weighted by Crippen LogP contribution is -2.40. The predicted octanol–water partition coefficient (Wildman–Crippen LogP) is 3.51. The van der Waals surface area contributed by atoms with E-state index in [1.54, 1.807) is 0 Å². The fraction of sp³-hybridized carbons (Fsp3) is 0.643. The molecule has 2 aliphatic rings. The van der Waals surface area contributed by atoms with Gasteiger partial charge in [-0.25, -0.2) is 0 Å². The lowest BCUT2D eigenvalue weighted by molar-refractivity contribution is -0.124. The fourth-order valence-corrected chi connectivity index (χ4v) is 2.95. The molecule has 15 heavy (non-hydrogen) atoms. The number of rotatable bonds is 0. The van der Waals surface area contributed by atoms with Crippen LogP contribution in [0.25, 0.3) is 0 Å². The van der Waals surface area contributed by atoms with E-state index in [0.29, 0.717) is 0 Å². The summed E-state index contributed by atoms with van der Waals surface area (Å²) in [6.07, 6.45) is 7.40. The molecule has 0 N–H and O–H groups in total. The van der Waals surface area contributed by atoms with Crippen LogP contribution < -0.4 is 0 Å². The minimum atomic E-state index is -0.281. The maximum atomic E-state index is 12.0. The number of carbonyl (C=O) groups is 1. The molecule has 0 heterocycles. The highest BCUT2D eigenvalue weighted by atomic mass is 16.1. The van der Waals surface area contributed by atoms with Crippen molar-refractivity contribution in [3.05, 3.63) is 23.8 Å². The lowest BCUT2D eigenvalue weighted by Gasteiger charge is -2.45. The van der Waals surface area contributed by atoms with Crippen LogP contribution in [0.3, 0.4) is 0 Å². The van der Waals surface area contributed by atoms with Gasteiger partial charge < -0.3 is 0 Å². The van der Waals surface area contributed by atoms with Crippen molar-refractivity contribution in [3.8, 4) is 0 Å². The van der Waals surface area contributed by atoms with Gasteiger partial charge in [-0.15, -0.1) is 0 Å². The number of hydrogen-bond donors (Lipinski definition) is 0. The van der Waals surface area contributed by atoms with Crippen LogP contribution in [0.2, 0.25) is 0 Å². The number of carbonyl (C=O) groups excluding carboxylic acids is 1. The Morgan fingerprint density at radius 3 is 2.27 bits per heavy atom. The van der Waals surface area contributed by atoms with Gasteiger partial charge in [0, 0.05) is 10.8 Å². The van der Waals surface area contributed by atoms with Crippen LogP contribution in [0.4, 0.5) is 0 Å². The molecule has 1 heteroatoms. The summed E-state index contributed by atoms with van der Waals surface area (Å²) >= 11 is 0. The summed E-state index contributed by atoms with van der Waals surface area (Å²) in [5.41, 5.74) is 1.09. The van der Waals surface area contributed by atoms with E-state index in [2.05, 4.69) is 46.8 Å². The molecule has 2 aliphatic carbocycles. The normalized spacial score (nSPS) is 36.3. The topological polar surface area (TPSA) is 17.1 Å². The van der Waals surface area contributed by atoms with E-state index in [4.69, 9.17) is 0 Å². The molecule has 0 aromatic carbocycles. The van der Waals surface area contributed by atoms with Crippen LogP contribution in [0, 0.1) is 16.2 Å². The Balaban J connectivity index is 2.64. The molecule has 1 nitrogen and oxygen atoms in total. The first-order chi connectivity index (χ1) is 6.72. The van der Waals surface area contributed by atoms with Crippen molar-refractivity contribution >= 4 is 5.78 Å². The number of allylic oxidation sites excluding steroid dienone is 4. The van der Waals surface area contributed by atoms with E-state index >= 15 is 0 Å². The van der Waals surface area contributed by atoms with Gasteiger partial charge in [-0.05, 0) is 17.9 Å². The summed E-state index contributed by atoms with van der Waals surface area (Å²) in [6, 6.07) is 0. The first kappa shape index (κ1) is 10.7. The van der Waals surface area contributed by atoms with E-state index in [9.17, 15) is 4.79 Å². The van der Waals surface area contributed by atoms with Gasteiger partial charge in [-0.2, -0.15) is 0 Å². The maximum absolute atomic E-state index is 12.0. The highest BCUT2D eigenvalue weighted by Gasteiger charge is 2.55. The SMILES string of the molecule is CC1(C)CC=CC2(C)C1=CC(=O)C2(C)C. The summed E-state index contributed by atoms with van der Waals surface area (Å²) in [7, 11) is 0. The Labute approximate surface area is 92.3 Å². The first-order valence-corrected chi connectivity index (χ1v) is 5.67. The van der Waals surface area contributed by atoms with Crippen LogP contribution in [-0.2, 0) is 4.79 Å². The van der Waals surface area contributed by atoms with Gasteiger partial charge in [-0.3, -0.25) is 4.79 Å². The Morgan fingerprint density at radius 1 is 1.13 bits per heavy atom. The largest absolute Gasteiger partial charge is 0.294 e. The van der Waals surface area contributed by atoms with Crippen molar-refractivity contribution in [3.63, 3.8) is 0 Å². The van der Waals surface area contributed by atoms with Gasteiger partial charge in [0.2, 0.25) is 0 Å². The van der Waals surface area contributed by atoms with Gasteiger partial charge >= 0.3 is 0 Å². The monoisotopic (exact) mass is 204 g/mol. The van der Waals surface area contributed by atoms with E-state index in [0.717, 1.165) is 6.42 Å². The highest BCUT2D eigenvalue weighted by Crippen LogP contribution is 2.59. The van der Waals surface area contributed by atoms with E-state index in [-0.39, 0.29) is 22.0 Å². The lowest BCUT2D eigenvalue weighted by atomic mass is 9.57. The molecule has 0 bridgehead atoms. The van der Waals surface area contributed by atoms with Crippen LogP contribution in [0.1, 0.15) is 41.0 Å². The minimum Gasteiger partial charge on any atom is -0.294 e. The molecule has 2 rings (SSSR count). The Bertz CT molecular complexity index is 382. The summed E-state index contributed by atoms with van der Waals surface area (Å²) in [4.78, 5) is 12.0. The van der Waals surface area contributed by atoms with Crippen molar-refractivity contribution in [2.45, 2.75) is 41.0 Å². The van der Waals surface area contributed by atoms with Crippen molar-refractivity contribution in [1.29, 1.82) is 0 Å². The van der Waals surface area contributed by atoms with E-state index in [1.165, 1.54) is 5.57 Å². The third-order valence-corrected chi connectivity index (χ3v) is 4.56. The maximum Gasteiger partial charge on any atom is 0.162 e. The summed E-state index contributed by atoms with van der Waals surface area (Å²) in [6.45, 7) is 10.8. The highest BCUT2D eigenvalue weighted by molar-refractivity contribution is 6.00. The van der Waals surface area contributed by atoms with Crippen molar-refractivity contribution in [1.82, 2.24) is 0 Å². The van der Waals surface area contributed by atoms with Gasteiger partial charge in [0.15, 0.2) is 5.78 Å². The molecular formula is C14H20O. The summed E-state index contributed by atoms with van der Waals surface area (Å²) < 4.78 is 0. The van der Waals surface area contributed by atoms with Gasteiger partial charge in [0.1, 0.15) is 0 Å². The smallest absolute Gasteiger partial charge is 0.162 e. The van der Waals surface area contributed by atoms with Gasteiger partial charge in [0.05, 0.1) is 0 Å². The average Bonchev–Trinajstić information content (AvgIpc) is 2.26. The zero-order chi connectivity index (χ0) is 11.5. The minimum absolute atomic E-state index is 0.0775. The van der Waals surface area contributed by atoms with Crippen molar-refractivity contribution in [2.75, 3.05) is 0 Å². The van der Waals surface area contributed by atoms with Crippen LogP contribution in [0.15, 0.2) is 23.8 Å². The summed E-state index contributed by atoms with van der Waals surface area (Å²) in [5, 5.41) is 0. The molecule has 0 saturated carbocycles. The molecule has 0 spiro atoms. The summed E-state index contributed by atoms with van der Waals surface area (Å²) in [5.74, 6) is 0.277. The van der Waals surface area contributed by atoms with E-state index in [1.807, 2.05) is 6.08 Å². The fourth-order valence-electron chi connectivity index (χ4n) is 2.95. The molecule has 82 valence electrons. The van der Waals surface area contributed by atoms with Crippen LogP contribution in [0.5, 0.6) is 0 Å². The molecule has 0 aromatic rings. The molecule has 1 unspecified atom stereocenters. The number of hydrogen-bond acceptors (Lipinski definition) is 1. The number of fused-ring (bicyclic) bond motifs is 1. The third-order valence-electron chi connectivity index (χ3n) is 4.56. The van der Waals surface area contributed by atoms with Crippen LogP contribution >= 0.6 is 0 Å². The van der Waals surface area contributed by atoms with Crippen LogP contribution in [-0.4, -0.2) is 5.78 Å². The molecule has 0 aliphatic heterocycles. The zero-order valence-electron chi connectivity index (χ0n) is 10.3. The molecule has 0 amide bonds. The second-order valence-corrected chi connectivity index (χ2v) is 6.24. The quantitative estimate of drug-likeness (QED) is 0.552. The average molecular weight is 204 g/mol. The number of ketones is 1. The molecule has 1 atom stereocenters.